The fourth-order valence-electron chi connectivity index (χ4n) is 1.93. The van der Waals surface area contributed by atoms with E-state index in [0.29, 0.717) is 0 Å². The van der Waals surface area contributed by atoms with Gasteiger partial charge < -0.3 is 9.84 Å². The van der Waals surface area contributed by atoms with Crippen LogP contribution in [0.15, 0.2) is 59.6 Å². The molecule has 0 aliphatic carbocycles. The van der Waals surface area contributed by atoms with Crippen molar-refractivity contribution in [3.05, 3.63) is 65.7 Å². The highest BCUT2D eigenvalue weighted by molar-refractivity contribution is 5.79. The fourth-order valence-corrected chi connectivity index (χ4v) is 1.93. The minimum absolute atomic E-state index is 0.0432. The maximum absolute atomic E-state index is 9.41. The van der Waals surface area contributed by atoms with Crippen molar-refractivity contribution >= 4 is 6.21 Å². The van der Waals surface area contributed by atoms with Crippen LogP contribution in [-0.4, -0.2) is 31.1 Å². The second kappa shape index (κ2) is 7.46. The zero-order valence-electron chi connectivity index (χ0n) is 11.6. The van der Waals surface area contributed by atoms with Crippen LogP contribution in [0.25, 0.3) is 0 Å². The highest BCUT2D eigenvalue weighted by atomic mass is 16.5. The van der Waals surface area contributed by atoms with Gasteiger partial charge in [-0.3, -0.25) is 4.99 Å². The Morgan fingerprint density at radius 1 is 1.10 bits per heavy atom. The average molecular weight is 269 g/mol. The number of benzene rings is 2. The molecule has 0 spiro atoms. The predicted molar refractivity (Wildman–Crippen MR) is 81.6 cm³/mol. The summed E-state index contributed by atoms with van der Waals surface area (Å²) in [6.07, 6.45) is 2.53. The van der Waals surface area contributed by atoms with Crippen molar-refractivity contribution in [1.29, 1.82) is 0 Å². The Morgan fingerprint density at radius 3 is 2.40 bits per heavy atom. The van der Waals surface area contributed by atoms with Crippen LogP contribution in [0.2, 0.25) is 0 Å². The Kier molecular flexibility index (Phi) is 5.33. The van der Waals surface area contributed by atoms with Crippen LogP contribution in [0.5, 0.6) is 5.75 Å². The molecule has 0 aliphatic rings. The maximum Gasteiger partial charge on any atom is 0.118 e. The second-order valence-corrected chi connectivity index (χ2v) is 4.58. The lowest BCUT2D eigenvalue weighted by atomic mass is 10.1. The largest absolute Gasteiger partial charge is 0.497 e. The number of ether oxygens (including phenoxy) is 1. The number of aliphatic hydroxyl groups is 1. The van der Waals surface area contributed by atoms with Gasteiger partial charge in [-0.05, 0) is 41.8 Å². The Bertz CT molecular complexity index is 535. The first kappa shape index (κ1) is 14.3. The molecular weight excluding hydrogens is 250 g/mol. The summed E-state index contributed by atoms with van der Waals surface area (Å²) in [6, 6.07) is 17.6. The van der Waals surface area contributed by atoms with Crippen LogP contribution >= 0.6 is 0 Å². The molecule has 2 rings (SSSR count). The van der Waals surface area contributed by atoms with Gasteiger partial charge >= 0.3 is 0 Å². The molecule has 0 amide bonds. The van der Waals surface area contributed by atoms with Gasteiger partial charge in [0.1, 0.15) is 5.75 Å². The van der Waals surface area contributed by atoms with E-state index in [1.807, 2.05) is 54.6 Å². The number of methoxy groups -OCH3 is 1. The number of aliphatic hydroxyl groups excluding tert-OH is 1. The van der Waals surface area contributed by atoms with E-state index >= 15 is 0 Å². The number of hydrogen-bond acceptors (Lipinski definition) is 3. The van der Waals surface area contributed by atoms with Crippen LogP contribution in [0.1, 0.15) is 11.1 Å². The van der Waals surface area contributed by atoms with E-state index in [-0.39, 0.29) is 12.6 Å². The Balaban J connectivity index is 1.99. The van der Waals surface area contributed by atoms with Crippen molar-refractivity contribution in [2.45, 2.75) is 12.5 Å². The molecule has 3 nitrogen and oxygen atoms in total. The molecule has 0 aromatic heterocycles. The van der Waals surface area contributed by atoms with Gasteiger partial charge in [0.05, 0.1) is 19.8 Å². The predicted octanol–water partition coefficient (Wildman–Crippen LogP) is 2.72. The molecule has 1 N–H and O–H groups in total. The van der Waals surface area contributed by atoms with Gasteiger partial charge in [0.25, 0.3) is 0 Å². The van der Waals surface area contributed by atoms with E-state index in [9.17, 15) is 5.11 Å². The van der Waals surface area contributed by atoms with Crippen molar-refractivity contribution in [3.63, 3.8) is 0 Å². The first-order valence-electron chi connectivity index (χ1n) is 6.64. The lowest BCUT2D eigenvalue weighted by Gasteiger charge is -2.09. The van der Waals surface area contributed by atoms with Gasteiger partial charge in [0, 0.05) is 6.21 Å². The summed E-state index contributed by atoms with van der Waals surface area (Å²) < 4.78 is 5.11. The molecule has 0 aliphatic heterocycles. The summed E-state index contributed by atoms with van der Waals surface area (Å²) in [5, 5.41) is 9.41. The zero-order chi connectivity index (χ0) is 14.2. The summed E-state index contributed by atoms with van der Waals surface area (Å²) in [5.74, 6) is 0.824. The van der Waals surface area contributed by atoms with Crippen LogP contribution in [0.4, 0.5) is 0 Å². The standard InChI is InChI=1S/C17H19NO2/c1-20-17-9-7-15(8-10-17)12-18-16(13-19)11-14-5-3-2-4-6-14/h2-10,12,16,19H,11,13H2,1H3/t16-/m0/s1. The average Bonchev–Trinajstić information content (AvgIpc) is 2.53. The SMILES string of the molecule is COc1ccc(C=N[C@H](CO)Cc2ccccc2)cc1. The summed E-state index contributed by atoms with van der Waals surface area (Å²) in [5.41, 5.74) is 2.18. The fraction of sp³-hybridized carbons (Fsp3) is 0.235. The first-order chi connectivity index (χ1) is 9.81. The van der Waals surface area contributed by atoms with E-state index in [2.05, 4.69) is 4.99 Å². The van der Waals surface area contributed by atoms with Gasteiger partial charge in [0.2, 0.25) is 0 Å². The topological polar surface area (TPSA) is 41.8 Å². The highest BCUT2D eigenvalue weighted by Gasteiger charge is 2.05. The van der Waals surface area contributed by atoms with Crippen molar-refractivity contribution in [3.8, 4) is 5.75 Å². The molecule has 2 aromatic rings. The molecule has 2 aromatic carbocycles. The summed E-state index contributed by atoms with van der Waals surface area (Å²) in [4.78, 5) is 4.45. The van der Waals surface area contributed by atoms with Crippen molar-refractivity contribution in [2.24, 2.45) is 4.99 Å². The normalized spacial score (nSPS) is 12.5. The van der Waals surface area contributed by atoms with Gasteiger partial charge in [0.15, 0.2) is 0 Å². The third-order valence-corrected chi connectivity index (χ3v) is 3.08. The number of aliphatic imine (C=N–C) groups is 1. The number of hydrogen-bond donors (Lipinski definition) is 1. The van der Waals surface area contributed by atoms with Gasteiger partial charge in [-0.2, -0.15) is 0 Å². The van der Waals surface area contributed by atoms with Crippen LogP contribution in [0, 0.1) is 0 Å². The molecular formula is C17H19NO2. The lowest BCUT2D eigenvalue weighted by Crippen LogP contribution is -2.14. The quantitative estimate of drug-likeness (QED) is 0.819. The Hall–Kier alpha value is -2.13. The molecule has 3 heteroatoms. The first-order valence-corrected chi connectivity index (χ1v) is 6.64. The minimum atomic E-state index is -0.112. The molecule has 0 heterocycles. The molecule has 0 unspecified atom stereocenters. The smallest absolute Gasteiger partial charge is 0.118 e. The monoisotopic (exact) mass is 269 g/mol. The van der Waals surface area contributed by atoms with Crippen molar-refractivity contribution in [2.75, 3.05) is 13.7 Å². The van der Waals surface area contributed by atoms with Crippen molar-refractivity contribution in [1.82, 2.24) is 0 Å². The Morgan fingerprint density at radius 2 is 1.80 bits per heavy atom. The molecule has 0 saturated carbocycles. The van der Waals surface area contributed by atoms with Crippen LogP contribution < -0.4 is 4.74 Å². The number of nitrogens with zero attached hydrogens (tertiary/aromatic N) is 1. The maximum atomic E-state index is 9.41. The lowest BCUT2D eigenvalue weighted by molar-refractivity contribution is 0.266. The third-order valence-electron chi connectivity index (χ3n) is 3.08. The highest BCUT2D eigenvalue weighted by Crippen LogP contribution is 2.10. The van der Waals surface area contributed by atoms with Crippen LogP contribution in [0.3, 0.4) is 0 Å². The molecule has 0 saturated heterocycles. The van der Waals surface area contributed by atoms with E-state index in [1.165, 1.54) is 5.56 Å². The van der Waals surface area contributed by atoms with E-state index < -0.39 is 0 Å². The van der Waals surface area contributed by atoms with Crippen LogP contribution in [-0.2, 0) is 6.42 Å². The van der Waals surface area contributed by atoms with Gasteiger partial charge in [-0.1, -0.05) is 30.3 Å². The number of rotatable bonds is 6. The van der Waals surface area contributed by atoms with Gasteiger partial charge in [-0.25, -0.2) is 0 Å². The van der Waals surface area contributed by atoms with E-state index in [4.69, 9.17) is 4.74 Å². The molecule has 0 radical (unpaired) electrons. The van der Waals surface area contributed by atoms with E-state index in [0.717, 1.165) is 17.7 Å². The molecule has 104 valence electrons. The molecule has 0 fully saturated rings. The minimum Gasteiger partial charge on any atom is -0.497 e. The molecule has 0 bridgehead atoms. The zero-order valence-corrected chi connectivity index (χ0v) is 11.6. The summed E-state index contributed by atoms with van der Waals surface area (Å²) in [6.45, 7) is 0.0432. The van der Waals surface area contributed by atoms with Gasteiger partial charge in [-0.15, -0.1) is 0 Å². The van der Waals surface area contributed by atoms with Crippen molar-refractivity contribution < 1.29 is 9.84 Å². The third kappa shape index (κ3) is 4.21. The summed E-state index contributed by atoms with van der Waals surface area (Å²) in [7, 11) is 1.64. The molecule has 1 atom stereocenters. The second-order valence-electron chi connectivity index (χ2n) is 4.58. The Labute approximate surface area is 119 Å². The summed E-state index contributed by atoms with van der Waals surface area (Å²) >= 11 is 0. The van der Waals surface area contributed by atoms with E-state index in [1.54, 1.807) is 13.3 Å². The molecule has 20 heavy (non-hydrogen) atoms.